The lowest BCUT2D eigenvalue weighted by atomic mass is 10.1. The number of ketones is 1. The molecule has 0 bridgehead atoms. The van der Waals surface area contributed by atoms with Gasteiger partial charge in [-0.25, -0.2) is 0 Å². The van der Waals surface area contributed by atoms with Crippen molar-refractivity contribution in [2.75, 3.05) is 7.11 Å². The molecule has 1 aromatic carbocycles. The third-order valence-electron chi connectivity index (χ3n) is 2.58. The highest BCUT2D eigenvalue weighted by atomic mass is 16.5. The first kappa shape index (κ1) is 11.4. The molecule has 0 spiro atoms. The minimum absolute atomic E-state index is 0.0417. The summed E-state index contributed by atoms with van der Waals surface area (Å²) in [5, 5.41) is 1.41. The standard InChI is InChI=1S/C13H13NO3/c1-9(15)8-14-6-5-10-7-11(17-2)3-4-12(10)13(14)16/h3-7H,8H2,1-2H3. The minimum atomic E-state index is -0.152. The Bertz CT molecular complexity index is 628. The molecule has 0 N–H and O–H groups in total. The molecule has 0 radical (unpaired) electrons. The molecule has 4 heteroatoms. The van der Waals surface area contributed by atoms with E-state index in [1.54, 1.807) is 31.5 Å². The van der Waals surface area contributed by atoms with Crippen LogP contribution in [-0.2, 0) is 11.3 Å². The van der Waals surface area contributed by atoms with Crippen LogP contribution < -0.4 is 10.3 Å². The summed E-state index contributed by atoms with van der Waals surface area (Å²) in [5.74, 6) is 0.668. The van der Waals surface area contributed by atoms with Crippen molar-refractivity contribution in [2.24, 2.45) is 0 Å². The van der Waals surface area contributed by atoms with Crippen LogP contribution in [0.3, 0.4) is 0 Å². The number of carbonyl (C=O) groups excluding carboxylic acids is 1. The molecule has 0 aliphatic heterocycles. The first-order valence-corrected chi connectivity index (χ1v) is 5.28. The van der Waals surface area contributed by atoms with Crippen molar-refractivity contribution < 1.29 is 9.53 Å². The number of hydrogen-bond acceptors (Lipinski definition) is 3. The highest BCUT2D eigenvalue weighted by Gasteiger charge is 2.05. The van der Waals surface area contributed by atoms with E-state index >= 15 is 0 Å². The fourth-order valence-electron chi connectivity index (χ4n) is 1.76. The summed E-state index contributed by atoms with van der Waals surface area (Å²) >= 11 is 0. The van der Waals surface area contributed by atoms with Gasteiger partial charge in [-0.3, -0.25) is 9.59 Å². The lowest BCUT2D eigenvalue weighted by Crippen LogP contribution is -2.22. The highest BCUT2D eigenvalue weighted by molar-refractivity contribution is 5.83. The van der Waals surface area contributed by atoms with Gasteiger partial charge in [0.2, 0.25) is 0 Å². The van der Waals surface area contributed by atoms with Crippen LogP contribution in [0, 0.1) is 0 Å². The predicted molar refractivity (Wildman–Crippen MR) is 65.4 cm³/mol. The normalized spacial score (nSPS) is 10.5. The van der Waals surface area contributed by atoms with E-state index < -0.39 is 0 Å². The second-order valence-electron chi connectivity index (χ2n) is 3.90. The number of pyridine rings is 1. The van der Waals surface area contributed by atoms with Gasteiger partial charge < -0.3 is 9.30 Å². The van der Waals surface area contributed by atoms with Gasteiger partial charge in [-0.1, -0.05) is 0 Å². The van der Waals surface area contributed by atoms with E-state index in [-0.39, 0.29) is 17.9 Å². The van der Waals surface area contributed by atoms with E-state index in [2.05, 4.69) is 0 Å². The van der Waals surface area contributed by atoms with E-state index in [4.69, 9.17) is 4.74 Å². The van der Waals surface area contributed by atoms with Crippen molar-refractivity contribution in [1.29, 1.82) is 0 Å². The van der Waals surface area contributed by atoms with Crippen molar-refractivity contribution in [3.63, 3.8) is 0 Å². The molecule has 0 fully saturated rings. The number of Topliss-reactive ketones (excluding diaryl/α,β-unsaturated/α-hetero) is 1. The molecule has 0 aliphatic carbocycles. The molecular formula is C13H13NO3. The highest BCUT2D eigenvalue weighted by Crippen LogP contribution is 2.17. The number of carbonyl (C=O) groups is 1. The average Bonchev–Trinajstić information content (AvgIpc) is 2.32. The van der Waals surface area contributed by atoms with Crippen LogP contribution in [0.15, 0.2) is 35.3 Å². The molecule has 4 nitrogen and oxygen atoms in total. The van der Waals surface area contributed by atoms with Gasteiger partial charge in [-0.2, -0.15) is 0 Å². The SMILES string of the molecule is COc1ccc2c(=O)n(CC(C)=O)ccc2c1. The third kappa shape index (κ3) is 2.20. The maximum absolute atomic E-state index is 12.0. The quantitative estimate of drug-likeness (QED) is 0.806. The van der Waals surface area contributed by atoms with Crippen LogP contribution in [0.1, 0.15) is 6.92 Å². The molecule has 88 valence electrons. The van der Waals surface area contributed by atoms with Crippen LogP contribution in [0.4, 0.5) is 0 Å². The Balaban J connectivity index is 2.60. The second-order valence-corrected chi connectivity index (χ2v) is 3.90. The van der Waals surface area contributed by atoms with E-state index in [0.29, 0.717) is 11.1 Å². The van der Waals surface area contributed by atoms with Gasteiger partial charge in [-0.05, 0) is 36.6 Å². The zero-order valence-electron chi connectivity index (χ0n) is 9.77. The molecule has 2 aromatic rings. The summed E-state index contributed by atoms with van der Waals surface area (Å²) in [6.07, 6.45) is 1.63. The first-order chi connectivity index (χ1) is 8.11. The smallest absolute Gasteiger partial charge is 0.258 e. The molecular weight excluding hydrogens is 218 g/mol. The lowest BCUT2D eigenvalue weighted by molar-refractivity contribution is -0.117. The van der Waals surface area contributed by atoms with Crippen LogP contribution in [0.25, 0.3) is 10.8 Å². The number of nitrogens with zero attached hydrogens (tertiary/aromatic N) is 1. The van der Waals surface area contributed by atoms with Crippen LogP contribution in [0.5, 0.6) is 5.75 Å². The van der Waals surface area contributed by atoms with E-state index in [1.165, 1.54) is 11.5 Å². The molecule has 1 heterocycles. The Morgan fingerprint density at radius 1 is 1.35 bits per heavy atom. The van der Waals surface area contributed by atoms with E-state index in [0.717, 1.165) is 5.39 Å². The van der Waals surface area contributed by atoms with Gasteiger partial charge in [0.25, 0.3) is 5.56 Å². The fraction of sp³-hybridized carbons (Fsp3) is 0.231. The fourth-order valence-corrected chi connectivity index (χ4v) is 1.76. The third-order valence-corrected chi connectivity index (χ3v) is 2.58. The number of benzene rings is 1. The van der Waals surface area contributed by atoms with Gasteiger partial charge in [0.05, 0.1) is 13.7 Å². The number of fused-ring (bicyclic) bond motifs is 1. The predicted octanol–water partition coefficient (Wildman–Crippen LogP) is 1.60. The van der Waals surface area contributed by atoms with Gasteiger partial charge in [-0.15, -0.1) is 0 Å². The van der Waals surface area contributed by atoms with Crippen molar-refractivity contribution in [3.05, 3.63) is 40.8 Å². The molecule has 1 aromatic heterocycles. The summed E-state index contributed by atoms with van der Waals surface area (Å²) in [6.45, 7) is 1.57. The molecule has 0 amide bonds. The maximum Gasteiger partial charge on any atom is 0.258 e. The Hall–Kier alpha value is -2.10. The number of ether oxygens (including phenoxy) is 1. The van der Waals surface area contributed by atoms with Gasteiger partial charge in [0.15, 0.2) is 0 Å². The number of hydrogen-bond donors (Lipinski definition) is 0. The number of aromatic nitrogens is 1. The zero-order valence-corrected chi connectivity index (χ0v) is 9.77. The Kier molecular flexibility index (Phi) is 2.95. The van der Waals surface area contributed by atoms with Crippen LogP contribution in [0.2, 0.25) is 0 Å². The van der Waals surface area contributed by atoms with Crippen molar-refractivity contribution in [3.8, 4) is 5.75 Å². The Morgan fingerprint density at radius 3 is 2.76 bits per heavy atom. The maximum atomic E-state index is 12.0. The molecule has 17 heavy (non-hydrogen) atoms. The molecule has 0 saturated carbocycles. The summed E-state index contributed by atoms with van der Waals surface area (Å²) in [4.78, 5) is 23.1. The first-order valence-electron chi connectivity index (χ1n) is 5.28. The van der Waals surface area contributed by atoms with Gasteiger partial charge in [0, 0.05) is 11.6 Å². The van der Waals surface area contributed by atoms with Crippen molar-refractivity contribution in [2.45, 2.75) is 13.5 Å². The number of rotatable bonds is 3. The van der Waals surface area contributed by atoms with Crippen molar-refractivity contribution >= 4 is 16.6 Å². The van der Waals surface area contributed by atoms with Crippen LogP contribution >= 0.6 is 0 Å². The minimum Gasteiger partial charge on any atom is -0.497 e. The van der Waals surface area contributed by atoms with E-state index in [1.807, 2.05) is 6.07 Å². The molecule has 0 unspecified atom stereocenters. The molecule has 2 rings (SSSR count). The molecule has 0 atom stereocenters. The summed E-state index contributed by atoms with van der Waals surface area (Å²) in [7, 11) is 1.58. The average molecular weight is 231 g/mol. The van der Waals surface area contributed by atoms with Crippen LogP contribution in [-0.4, -0.2) is 17.5 Å². The lowest BCUT2D eigenvalue weighted by Gasteiger charge is -2.06. The zero-order chi connectivity index (χ0) is 12.4. The summed E-state index contributed by atoms with van der Waals surface area (Å²) < 4.78 is 6.51. The Morgan fingerprint density at radius 2 is 2.12 bits per heavy atom. The summed E-state index contributed by atoms with van der Waals surface area (Å²) in [5.41, 5.74) is -0.152. The van der Waals surface area contributed by atoms with Gasteiger partial charge >= 0.3 is 0 Å². The number of methoxy groups -OCH3 is 1. The summed E-state index contributed by atoms with van der Waals surface area (Å²) in [6, 6.07) is 7.06. The molecule has 0 aliphatic rings. The largest absolute Gasteiger partial charge is 0.497 e. The van der Waals surface area contributed by atoms with Crippen molar-refractivity contribution in [1.82, 2.24) is 4.57 Å². The van der Waals surface area contributed by atoms with Gasteiger partial charge in [0.1, 0.15) is 11.5 Å². The molecule has 0 saturated heterocycles. The monoisotopic (exact) mass is 231 g/mol. The topological polar surface area (TPSA) is 48.3 Å². The second kappa shape index (κ2) is 4.41. The van der Waals surface area contributed by atoms with E-state index in [9.17, 15) is 9.59 Å². The Labute approximate surface area is 98.4 Å².